The first kappa shape index (κ1) is 19.3. The van der Waals surface area contributed by atoms with Crippen molar-refractivity contribution in [1.29, 1.82) is 0 Å². The zero-order valence-corrected chi connectivity index (χ0v) is 17.0. The predicted molar refractivity (Wildman–Crippen MR) is 103 cm³/mol. The Morgan fingerprint density at radius 3 is 2.37 bits per heavy atom. The average molecular weight is 377 g/mol. The van der Waals surface area contributed by atoms with Gasteiger partial charge in [-0.1, -0.05) is 26.7 Å². The van der Waals surface area contributed by atoms with Gasteiger partial charge in [0.1, 0.15) is 0 Å². The molecule has 2 N–H and O–H groups in total. The van der Waals surface area contributed by atoms with E-state index in [4.69, 9.17) is 5.11 Å². The molecule has 2 unspecified atom stereocenters. The minimum Gasteiger partial charge on any atom is -0.481 e. The van der Waals surface area contributed by atoms with E-state index in [1.807, 2.05) is 0 Å². The van der Waals surface area contributed by atoms with Gasteiger partial charge in [0.25, 0.3) is 0 Å². The molecule has 4 rings (SSSR count). The van der Waals surface area contributed by atoms with Gasteiger partial charge >= 0.3 is 11.9 Å². The molecule has 4 heteroatoms. The Balaban J connectivity index is 1.64. The number of carboxylic acid groups (broad SMARTS) is 2. The van der Waals surface area contributed by atoms with Crippen molar-refractivity contribution in [2.45, 2.75) is 84.5 Å². The van der Waals surface area contributed by atoms with E-state index in [0.29, 0.717) is 35.0 Å². The summed E-state index contributed by atoms with van der Waals surface area (Å²) in [5.74, 6) is 0.896. The third kappa shape index (κ3) is 2.93. The normalized spacial score (nSPS) is 49.0. The summed E-state index contributed by atoms with van der Waals surface area (Å²) in [5, 5.41) is 19.3. The summed E-state index contributed by atoms with van der Waals surface area (Å²) in [5.41, 5.74) is 0.470. The maximum Gasteiger partial charge on any atom is 0.306 e. The van der Waals surface area contributed by atoms with Crippen LogP contribution >= 0.6 is 0 Å². The van der Waals surface area contributed by atoms with Gasteiger partial charge in [-0.3, -0.25) is 9.59 Å². The molecule has 4 fully saturated rings. The Morgan fingerprint density at radius 1 is 0.926 bits per heavy atom. The molecule has 0 amide bonds. The highest BCUT2D eigenvalue weighted by Gasteiger charge is 2.63. The molecule has 0 spiro atoms. The maximum absolute atomic E-state index is 12.3. The predicted octanol–water partition coefficient (Wildman–Crippen LogP) is 5.21. The smallest absolute Gasteiger partial charge is 0.306 e. The van der Waals surface area contributed by atoms with E-state index >= 15 is 0 Å². The van der Waals surface area contributed by atoms with Crippen LogP contribution in [0.2, 0.25) is 0 Å². The molecule has 0 bridgehead atoms. The number of carbonyl (C=O) groups is 2. The summed E-state index contributed by atoms with van der Waals surface area (Å²) in [6.45, 7) is 4.84. The SMILES string of the molecule is C[C@]12CC[C@H]3[C@@H](C(C(=O)O)CC4CCCC[C@@]43C)[C@@H]1CC[C@@H]2CCC(=O)O. The van der Waals surface area contributed by atoms with Crippen molar-refractivity contribution in [2.24, 2.45) is 46.3 Å². The van der Waals surface area contributed by atoms with E-state index in [0.717, 1.165) is 38.5 Å². The molecule has 0 aromatic rings. The summed E-state index contributed by atoms with van der Waals surface area (Å²) in [4.78, 5) is 23.4. The second kappa shape index (κ2) is 6.77. The molecule has 152 valence electrons. The van der Waals surface area contributed by atoms with Gasteiger partial charge in [-0.25, -0.2) is 0 Å². The number of hydrogen-bond acceptors (Lipinski definition) is 2. The first-order valence-electron chi connectivity index (χ1n) is 11.2. The molecular formula is C23H36O4. The minimum atomic E-state index is -0.700. The second-order valence-corrected chi connectivity index (χ2v) is 10.7. The van der Waals surface area contributed by atoms with E-state index in [-0.39, 0.29) is 17.8 Å². The first-order valence-corrected chi connectivity index (χ1v) is 11.2. The van der Waals surface area contributed by atoms with E-state index in [1.165, 1.54) is 25.7 Å². The number of aliphatic carboxylic acids is 2. The van der Waals surface area contributed by atoms with Crippen molar-refractivity contribution in [3.05, 3.63) is 0 Å². The van der Waals surface area contributed by atoms with Gasteiger partial charge in [0.2, 0.25) is 0 Å². The lowest BCUT2D eigenvalue weighted by Gasteiger charge is -2.62. The first-order chi connectivity index (χ1) is 12.8. The quantitative estimate of drug-likeness (QED) is 0.706. The Kier molecular flexibility index (Phi) is 4.83. The van der Waals surface area contributed by atoms with Crippen molar-refractivity contribution in [1.82, 2.24) is 0 Å². The largest absolute Gasteiger partial charge is 0.481 e. The van der Waals surface area contributed by atoms with Crippen LogP contribution in [-0.2, 0) is 9.59 Å². The van der Waals surface area contributed by atoms with Gasteiger partial charge in [0, 0.05) is 6.42 Å². The van der Waals surface area contributed by atoms with Crippen LogP contribution in [-0.4, -0.2) is 22.2 Å². The van der Waals surface area contributed by atoms with Gasteiger partial charge in [-0.05, 0) is 91.8 Å². The highest BCUT2D eigenvalue weighted by Crippen LogP contribution is 2.69. The third-order valence-electron chi connectivity index (χ3n) is 9.85. The summed E-state index contributed by atoms with van der Waals surface area (Å²) < 4.78 is 0. The van der Waals surface area contributed by atoms with Crippen LogP contribution in [0.15, 0.2) is 0 Å². The fraction of sp³-hybridized carbons (Fsp3) is 0.913. The molecule has 4 nitrogen and oxygen atoms in total. The van der Waals surface area contributed by atoms with Gasteiger partial charge in [0.15, 0.2) is 0 Å². The fourth-order valence-electron chi connectivity index (χ4n) is 8.44. The fourth-order valence-corrected chi connectivity index (χ4v) is 8.44. The van der Waals surface area contributed by atoms with Crippen LogP contribution in [0.4, 0.5) is 0 Å². The minimum absolute atomic E-state index is 0.141. The molecule has 4 saturated carbocycles. The molecule has 0 radical (unpaired) electrons. The zero-order valence-electron chi connectivity index (χ0n) is 17.0. The molecule has 0 aromatic heterocycles. The van der Waals surface area contributed by atoms with Crippen LogP contribution in [0.1, 0.15) is 84.5 Å². The lowest BCUT2D eigenvalue weighted by atomic mass is 9.42. The van der Waals surface area contributed by atoms with E-state index in [1.54, 1.807) is 0 Å². The molecular weight excluding hydrogens is 340 g/mol. The van der Waals surface area contributed by atoms with Gasteiger partial charge in [-0.2, -0.15) is 0 Å². The average Bonchev–Trinajstić information content (AvgIpc) is 2.95. The summed E-state index contributed by atoms with van der Waals surface area (Å²) in [6.07, 6.45) is 11.5. The highest BCUT2D eigenvalue weighted by molar-refractivity contribution is 5.71. The lowest BCUT2D eigenvalue weighted by molar-refractivity contribution is -0.171. The Bertz CT molecular complexity index is 615. The van der Waals surface area contributed by atoms with Crippen molar-refractivity contribution in [3.8, 4) is 0 Å². The second-order valence-electron chi connectivity index (χ2n) is 10.7. The van der Waals surface area contributed by atoms with Crippen LogP contribution < -0.4 is 0 Å². The van der Waals surface area contributed by atoms with Gasteiger partial charge < -0.3 is 10.2 Å². The van der Waals surface area contributed by atoms with Crippen molar-refractivity contribution in [3.63, 3.8) is 0 Å². The van der Waals surface area contributed by atoms with Crippen molar-refractivity contribution in [2.75, 3.05) is 0 Å². The maximum atomic E-state index is 12.3. The topological polar surface area (TPSA) is 74.6 Å². The lowest BCUT2D eigenvalue weighted by Crippen LogP contribution is -2.57. The molecule has 27 heavy (non-hydrogen) atoms. The van der Waals surface area contributed by atoms with Crippen LogP contribution in [0.3, 0.4) is 0 Å². The number of rotatable bonds is 4. The molecule has 0 saturated heterocycles. The monoisotopic (exact) mass is 376 g/mol. The molecule has 8 atom stereocenters. The van der Waals surface area contributed by atoms with Gasteiger partial charge in [0.05, 0.1) is 5.92 Å². The third-order valence-corrected chi connectivity index (χ3v) is 9.85. The Hall–Kier alpha value is -1.06. The van der Waals surface area contributed by atoms with Crippen LogP contribution in [0, 0.1) is 46.3 Å². The Labute approximate surface area is 163 Å². The Morgan fingerprint density at radius 2 is 1.67 bits per heavy atom. The highest BCUT2D eigenvalue weighted by atomic mass is 16.4. The summed E-state index contributed by atoms with van der Waals surface area (Å²) in [6, 6.07) is 0. The summed E-state index contributed by atoms with van der Waals surface area (Å²) >= 11 is 0. The molecule has 4 aliphatic rings. The van der Waals surface area contributed by atoms with Crippen molar-refractivity contribution < 1.29 is 19.8 Å². The zero-order chi connectivity index (χ0) is 19.4. The number of fused-ring (bicyclic) bond motifs is 5. The number of hydrogen-bond donors (Lipinski definition) is 2. The van der Waals surface area contributed by atoms with Crippen LogP contribution in [0.25, 0.3) is 0 Å². The van der Waals surface area contributed by atoms with Gasteiger partial charge in [-0.15, -0.1) is 0 Å². The van der Waals surface area contributed by atoms with E-state index in [9.17, 15) is 14.7 Å². The van der Waals surface area contributed by atoms with Crippen molar-refractivity contribution >= 4 is 11.9 Å². The number of carboxylic acids is 2. The summed E-state index contributed by atoms with van der Waals surface area (Å²) in [7, 11) is 0. The molecule has 0 aromatic carbocycles. The molecule has 0 aliphatic heterocycles. The van der Waals surface area contributed by atoms with Crippen LogP contribution in [0.5, 0.6) is 0 Å². The van der Waals surface area contributed by atoms with E-state index < -0.39 is 11.9 Å². The standard InChI is InChI=1S/C23H36O4/c1-22-11-4-3-5-15(22)13-16(21(26)27)20-17-8-6-14(7-9-19(24)25)23(17,2)12-10-18(20)22/h14-18,20H,3-13H2,1-2H3,(H,24,25)(H,26,27)/t14-,15?,16?,17+,18+,20+,22+,23-/m1/s1. The molecule has 0 heterocycles. The van der Waals surface area contributed by atoms with E-state index in [2.05, 4.69) is 13.8 Å². The molecule has 4 aliphatic carbocycles.